The van der Waals surface area contributed by atoms with E-state index in [1.165, 1.54) is 19.2 Å². The number of carbonyl (C=O) groups is 2. The Bertz CT molecular complexity index is 529. The van der Waals surface area contributed by atoms with Gasteiger partial charge in [0.2, 0.25) is 5.91 Å². The van der Waals surface area contributed by atoms with Gasteiger partial charge in [0.25, 0.3) is 5.91 Å². The zero-order chi connectivity index (χ0) is 16.2. The largest absolute Gasteiger partial charge is 0.405 e. The Labute approximate surface area is 123 Å². The van der Waals surface area contributed by atoms with Gasteiger partial charge in [-0.2, -0.15) is 13.2 Å². The van der Waals surface area contributed by atoms with Crippen molar-refractivity contribution in [1.82, 2.24) is 10.2 Å². The number of rotatable bonds is 4. The highest BCUT2D eigenvalue weighted by Crippen LogP contribution is 2.23. The summed E-state index contributed by atoms with van der Waals surface area (Å²) in [7, 11) is 1.26. The van der Waals surface area contributed by atoms with Gasteiger partial charge in [0.15, 0.2) is 0 Å². The first-order chi connectivity index (χ1) is 9.61. The number of nitrogens with two attached hydrogens (primary N) is 1. The SMILES string of the molecule is CN(CC(=O)NCC(F)(F)F)C(=O)c1c(N)cccc1Cl. The minimum Gasteiger partial charge on any atom is -0.398 e. The lowest BCUT2D eigenvalue weighted by Crippen LogP contribution is -2.41. The molecule has 5 nitrogen and oxygen atoms in total. The predicted molar refractivity (Wildman–Crippen MR) is 71.9 cm³/mol. The number of alkyl halides is 3. The first-order valence-electron chi connectivity index (χ1n) is 5.74. The lowest BCUT2D eigenvalue weighted by atomic mass is 10.1. The standard InChI is InChI=1S/C12H13ClF3N3O2/c1-19(5-9(20)18-6-12(14,15)16)11(21)10-7(13)3-2-4-8(10)17/h2-4H,5-6,17H2,1H3,(H,18,20). The molecular weight excluding hydrogens is 311 g/mol. The summed E-state index contributed by atoms with van der Waals surface area (Å²) in [5, 5.41) is 1.77. The molecule has 0 aliphatic rings. The molecule has 1 rings (SSSR count). The molecule has 0 saturated carbocycles. The molecule has 0 aliphatic carbocycles. The monoisotopic (exact) mass is 323 g/mol. The van der Waals surface area contributed by atoms with Gasteiger partial charge in [-0.3, -0.25) is 9.59 Å². The lowest BCUT2D eigenvalue weighted by molar-refractivity contribution is -0.138. The molecule has 21 heavy (non-hydrogen) atoms. The van der Waals surface area contributed by atoms with E-state index in [0.29, 0.717) is 0 Å². The number of nitrogen functional groups attached to an aromatic ring is 1. The molecule has 0 aromatic heterocycles. The molecular formula is C12H13ClF3N3O2. The number of hydrogen-bond donors (Lipinski definition) is 2. The fraction of sp³-hybridized carbons (Fsp3) is 0.333. The van der Waals surface area contributed by atoms with Crippen molar-refractivity contribution in [2.75, 3.05) is 25.9 Å². The van der Waals surface area contributed by atoms with E-state index in [4.69, 9.17) is 17.3 Å². The quantitative estimate of drug-likeness (QED) is 0.828. The Morgan fingerprint density at radius 1 is 1.38 bits per heavy atom. The Morgan fingerprint density at radius 2 is 2.00 bits per heavy atom. The van der Waals surface area contributed by atoms with Crippen molar-refractivity contribution in [3.05, 3.63) is 28.8 Å². The zero-order valence-corrected chi connectivity index (χ0v) is 11.8. The van der Waals surface area contributed by atoms with E-state index >= 15 is 0 Å². The molecule has 0 fully saturated rings. The van der Waals surface area contributed by atoms with Crippen LogP contribution in [0.2, 0.25) is 5.02 Å². The molecule has 0 spiro atoms. The van der Waals surface area contributed by atoms with Crippen LogP contribution in [0.5, 0.6) is 0 Å². The summed E-state index contributed by atoms with van der Waals surface area (Å²) in [5.41, 5.74) is 5.75. The van der Waals surface area contributed by atoms with Gasteiger partial charge in [-0.25, -0.2) is 0 Å². The molecule has 116 valence electrons. The Hall–Kier alpha value is -1.96. The Kier molecular flexibility index (Phi) is 5.42. The predicted octanol–water partition coefficient (Wildman–Crippen LogP) is 1.67. The van der Waals surface area contributed by atoms with Gasteiger partial charge in [-0.15, -0.1) is 0 Å². The second-order valence-electron chi connectivity index (χ2n) is 4.26. The zero-order valence-electron chi connectivity index (χ0n) is 11.0. The first-order valence-corrected chi connectivity index (χ1v) is 6.12. The van der Waals surface area contributed by atoms with Crippen LogP contribution in [0.1, 0.15) is 10.4 Å². The van der Waals surface area contributed by atoms with Crippen LogP contribution in [-0.2, 0) is 4.79 Å². The molecule has 0 bridgehead atoms. The number of amides is 2. The van der Waals surface area contributed by atoms with Crippen LogP contribution in [0.25, 0.3) is 0 Å². The summed E-state index contributed by atoms with van der Waals surface area (Å²) >= 11 is 5.85. The third kappa shape index (κ3) is 5.14. The number of nitrogens with zero attached hydrogens (tertiary/aromatic N) is 1. The number of carbonyl (C=O) groups excluding carboxylic acids is 2. The average molecular weight is 324 g/mol. The third-order valence-electron chi connectivity index (χ3n) is 2.47. The van der Waals surface area contributed by atoms with Gasteiger partial charge >= 0.3 is 6.18 Å². The maximum atomic E-state index is 12.1. The molecule has 0 aliphatic heterocycles. The maximum absolute atomic E-state index is 12.1. The molecule has 2 amide bonds. The Morgan fingerprint density at radius 3 is 2.52 bits per heavy atom. The molecule has 9 heteroatoms. The van der Waals surface area contributed by atoms with Crippen molar-refractivity contribution >= 4 is 29.1 Å². The molecule has 0 heterocycles. The number of halogens is 4. The highest BCUT2D eigenvalue weighted by molar-refractivity contribution is 6.34. The van der Waals surface area contributed by atoms with Gasteiger partial charge in [-0.1, -0.05) is 17.7 Å². The normalized spacial score (nSPS) is 11.1. The van der Waals surface area contributed by atoms with Crippen LogP contribution in [0.3, 0.4) is 0 Å². The average Bonchev–Trinajstić information content (AvgIpc) is 2.35. The van der Waals surface area contributed by atoms with Crippen molar-refractivity contribution in [3.8, 4) is 0 Å². The van der Waals surface area contributed by atoms with E-state index < -0.39 is 31.1 Å². The van der Waals surface area contributed by atoms with Crippen molar-refractivity contribution in [1.29, 1.82) is 0 Å². The molecule has 0 radical (unpaired) electrons. The lowest BCUT2D eigenvalue weighted by Gasteiger charge is -2.18. The van der Waals surface area contributed by atoms with E-state index in [-0.39, 0.29) is 16.3 Å². The van der Waals surface area contributed by atoms with Gasteiger partial charge < -0.3 is 16.0 Å². The number of hydrogen-bond acceptors (Lipinski definition) is 3. The van der Waals surface area contributed by atoms with Gasteiger partial charge in [0.1, 0.15) is 6.54 Å². The number of nitrogens with one attached hydrogen (secondary N) is 1. The van der Waals surface area contributed by atoms with Gasteiger partial charge in [0.05, 0.1) is 17.1 Å². The highest BCUT2D eigenvalue weighted by Gasteiger charge is 2.28. The smallest absolute Gasteiger partial charge is 0.398 e. The minimum atomic E-state index is -4.51. The second-order valence-corrected chi connectivity index (χ2v) is 4.66. The molecule has 1 aromatic rings. The third-order valence-corrected chi connectivity index (χ3v) is 2.79. The maximum Gasteiger partial charge on any atom is 0.405 e. The minimum absolute atomic E-state index is 0.00490. The van der Waals surface area contributed by atoms with Crippen LogP contribution in [0.4, 0.5) is 18.9 Å². The fourth-order valence-electron chi connectivity index (χ4n) is 1.50. The Balaban J connectivity index is 2.69. The van der Waals surface area contributed by atoms with Gasteiger partial charge in [-0.05, 0) is 12.1 Å². The van der Waals surface area contributed by atoms with Crippen molar-refractivity contribution in [2.24, 2.45) is 0 Å². The van der Waals surface area contributed by atoms with Gasteiger partial charge in [0, 0.05) is 12.7 Å². The van der Waals surface area contributed by atoms with Crippen LogP contribution in [0.15, 0.2) is 18.2 Å². The molecule has 0 saturated heterocycles. The topological polar surface area (TPSA) is 75.4 Å². The van der Waals surface area contributed by atoms with Crippen molar-refractivity contribution in [2.45, 2.75) is 6.18 Å². The number of likely N-dealkylation sites (N-methyl/N-ethyl adjacent to an activating group) is 1. The van der Waals surface area contributed by atoms with E-state index in [1.54, 1.807) is 11.4 Å². The molecule has 0 unspecified atom stereocenters. The molecule has 1 aromatic carbocycles. The number of anilines is 1. The van der Waals surface area contributed by atoms with Crippen molar-refractivity contribution in [3.63, 3.8) is 0 Å². The molecule has 0 atom stereocenters. The summed E-state index contributed by atoms with van der Waals surface area (Å²) in [6, 6.07) is 4.45. The summed E-state index contributed by atoms with van der Waals surface area (Å²) in [5.74, 6) is -1.59. The highest BCUT2D eigenvalue weighted by atomic mass is 35.5. The summed E-state index contributed by atoms with van der Waals surface area (Å²) < 4.78 is 35.9. The van der Waals surface area contributed by atoms with E-state index in [9.17, 15) is 22.8 Å². The van der Waals surface area contributed by atoms with Crippen LogP contribution in [-0.4, -0.2) is 43.0 Å². The second kappa shape index (κ2) is 6.66. The van der Waals surface area contributed by atoms with Crippen LogP contribution < -0.4 is 11.1 Å². The van der Waals surface area contributed by atoms with Crippen LogP contribution in [0, 0.1) is 0 Å². The molecule has 3 N–H and O–H groups in total. The van der Waals surface area contributed by atoms with Crippen LogP contribution >= 0.6 is 11.6 Å². The summed E-state index contributed by atoms with van der Waals surface area (Å²) in [6.07, 6.45) is -4.51. The fourth-order valence-corrected chi connectivity index (χ4v) is 1.76. The summed E-state index contributed by atoms with van der Waals surface area (Å²) in [4.78, 5) is 24.4. The van der Waals surface area contributed by atoms with E-state index in [1.807, 2.05) is 0 Å². The summed E-state index contributed by atoms with van der Waals surface area (Å²) in [6.45, 7) is -2.00. The number of benzene rings is 1. The van der Waals surface area contributed by atoms with Crippen molar-refractivity contribution < 1.29 is 22.8 Å². The first kappa shape index (κ1) is 17.1. The van der Waals surface area contributed by atoms with E-state index in [0.717, 1.165) is 4.90 Å². The van der Waals surface area contributed by atoms with E-state index in [2.05, 4.69) is 0 Å².